The van der Waals surface area contributed by atoms with Gasteiger partial charge in [0.1, 0.15) is 13.2 Å². The van der Waals surface area contributed by atoms with Crippen LogP contribution in [0.25, 0.3) is 0 Å². The lowest BCUT2D eigenvalue weighted by atomic mass is 10.2. The Hall–Kier alpha value is -2.10. The third kappa shape index (κ3) is 4.12. The molecule has 1 aliphatic rings. The average Bonchev–Trinajstić information content (AvgIpc) is 2.59. The molecule has 0 unspecified atom stereocenters. The lowest BCUT2D eigenvalue weighted by Crippen LogP contribution is -2.23. The third-order valence-electron chi connectivity index (χ3n) is 3.62. The lowest BCUT2D eigenvalue weighted by Gasteiger charge is -2.19. The van der Waals surface area contributed by atoms with Gasteiger partial charge in [-0.1, -0.05) is 12.1 Å². The molecule has 0 aromatic heterocycles. The van der Waals surface area contributed by atoms with E-state index < -0.39 is 19.9 Å². The SMILES string of the molecule is CS(=O)(=O)c1cccc(S(=O)(=O)NCc2ccc3c(c2)OCCO3)c1. The second kappa shape index (κ2) is 6.66. The van der Waals surface area contributed by atoms with Crippen LogP contribution >= 0.6 is 0 Å². The summed E-state index contributed by atoms with van der Waals surface area (Å²) in [5.74, 6) is 1.20. The highest BCUT2D eigenvalue weighted by Crippen LogP contribution is 2.30. The fourth-order valence-corrected chi connectivity index (χ4v) is 4.14. The molecule has 0 amide bonds. The van der Waals surface area contributed by atoms with Crippen LogP contribution in [0.3, 0.4) is 0 Å². The van der Waals surface area contributed by atoms with Crippen LogP contribution in [0.15, 0.2) is 52.3 Å². The van der Waals surface area contributed by atoms with Crippen molar-refractivity contribution in [1.82, 2.24) is 4.72 Å². The molecule has 2 aromatic rings. The van der Waals surface area contributed by atoms with E-state index in [2.05, 4.69) is 4.72 Å². The molecule has 0 saturated heterocycles. The van der Waals surface area contributed by atoms with Crippen LogP contribution in [0.4, 0.5) is 0 Å². The Labute approximate surface area is 146 Å². The molecule has 0 aliphatic carbocycles. The molecule has 7 nitrogen and oxygen atoms in total. The summed E-state index contributed by atoms with van der Waals surface area (Å²) < 4.78 is 61.3. The van der Waals surface area contributed by atoms with Crippen molar-refractivity contribution in [3.05, 3.63) is 48.0 Å². The van der Waals surface area contributed by atoms with Gasteiger partial charge in [-0.2, -0.15) is 0 Å². The van der Waals surface area contributed by atoms with Crippen LogP contribution in [-0.4, -0.2) is 36.3 Å². The van der Waals surface area contributed by atoms with Crippen LogP contribution in [-0.2, 0) is 26.4 Å². The molecule has 0 bridgehead atoms. The molecule has 0 spiro atoms. The average molecular weight is 383 g/mol. The van der Waals surface area contributed by atoms with E-state index in [0.717, 1.165) is 12.3 Å². The maximum atomic E-state index is 12.4. The summed E-state index contributed by atoms with van der Waals surface area (Å²) in [7, 11) is -7.33. The zero-order valence-electron chi connectivity index (χ0n) is 13.4. The molecule has 1 aliphatic heterocycles. The predicted octanol–water partition coefficient (Wildman–Crippen LogP) is 1.34. The van der Waals surface area contributed by atoms with E-state index in [1.807, 2.05) is 0 Å². The number of sulfonamides is 1. The lowest BCUT2D eigenvalue weighted by molar-refractivity contribution is 0.171. The Morgan fingerprint density at radius 1 is 0.920 bits per heavy atom. The van der Waals surface area contributed by atoms with E-state index in [0.29, 0.717) is 30.3 Å². The van der Waals surface area contributed by atoms with Gasteiger partial charge in [0.05, 0.1) is 9.79 Å². The number of sulfone groups is 1. The minimum Gasteiger partial charge on any atom is -0.486 e. The topological polar surface area (TPSA) is 98.8 Å². The fraction of sp³-hybridized carbons (Fsp3) is 0.250. The van der Waals surface area contributed by atoms with Gasteiger partial charge in [-0.3, -0.25) is 0 Å². The first-order chi connectivity index (χ1) is 11.8. The largest absolute Gasteiger partial charge is 0.486 e. The Bertz CT molecular complexity index is 999. The van der Waals surface area contributed by atoms with E-state index in [1.54, 1.807) is 18.2 Å². The van der Waals surface area contributed by atoms with E-state index in [4.69, 9.17) is 9.47 Å². The van der Waals surface area contributed by atoms with Crippen LogP contribution in [0.2, 0.25) is 0 Å². The molecule has 1 heterocycles. The molecule has 25 heavy (non-hydrogen) atoms. The van der Waals surface area contributed by atoms with Crippen molar-refractivity contribution < 1.29 is 26.3 Å². The highest BCUT2D eigenvalue weighted by molar-refractivity contribution is 7.91. The van der Waals surface area contributed by atoms with Gasteiger partial charge < -0.3 is 9.47 Å². The van der Waals surface area contributed by atoms with Gasteiger partial charge in [0.2, 0.25) is 10.0 Å². The molecule has 0 fully saturated rings. The van der Waals surface area contributed by atoms with Gasteiger partial charge in [0.15, 0.2) is 21.3 Å². The van der Waals surface area contributed by atoms with Gasteiger partial charge >= 0.3 is 0 Å². The highest BCUT2D eigenvalue weighted by atomic mass is 32.2. The third-order valence-corrected chi connectivity index (χ3v) is 6.13. The van der Waals surface area contributed by atoms with Crippen LogP contribution in [0.5, 0.6) is 11.5 Å². The van der Waals surface area contributed by atoms with Crippen LogP contribution < -0.4 is 14.2 Å². The first-order valence-electron chi connectivity index (χ1n) is 7.44. The summed E-state index contributed by atoms with van der Waals surface area (Å²) in [5.41, 5.74) is 0.701. The maximum absolute atomic E-state index is 12.4. The van der Waals surface area contributed by atoms with Crippen LogP contribution in [0.1, 0.15) is 5.56 Å². The standard InChI is InChI=1S/C16H17NO6S2/c1-24(18,19)13-3-2-4-14(10-13)25(20,21)17-11-12-5-6-15-16(9-12)23-8-7-22-15/h2-6,9-10,17H,7-8,11H2,1H3. The zero-order chi connectivity index (χ0) is 18.1. The molecule has 1 N–H and O–H groups in total. The molecule has 0 radical (unpaired) electrons. The Morgan fingerprint density at radius 2 is 1.60 bits per heavy atom. The van der Waals surface area contributed by atoms with Crippen molar-refractivity contribution in [2.45, 2.75) is 16.3 Å². The molecule has 0 atom stereocenters. The second-order valence-corrected chi connectivity index (χ2v) is 9.33. The second-order valence-electron chi connectivity index (χ2n) is 5.55. The summed E-state index contributed by atoms with van der Waals surface area (Å²) in [6, 6.07) is 10.4. The van der Waals surface area contributed by atoms with E-state index in [9.17, 15) is 16.8 Å². The molecular formula is C16H17NO6S2. The molecule has 0 saturated carbocycles. The molecule has 2 aromatic carbocycles. The highest BCUT2D eigenvalue weighted by Gasteiger charge is 2.18. The quantitative estimate of drug-likeness (QED) is 0.837. The van der Waals surface area contributed by atoms with Crippen LogP contribution in [0, 0.1) is 0 Å². The van der Waals surface area contributed by atoms with E-state index >= 15 is 0 Å². The van der Waals surface area contributed by atoms with Crippen molar-refractivity contribution >= 4 is 19.9 Å². The zero-order valence-corrected chi connectivity index (χ0v) is 15.1. The molecule has 3 rings (SSSR count). The molecular weight excluding hydrogens is 366 g/mol. The maximum Gasteiger partial charge on any atom is 0.240 e. The summed E-state index contributed by atoms with van der Waals surface area (Å²) >= 11 is 0. The van der Waals surface area contributed by atoms with Gasteiger partial charge in [-0.05, 0) is 35.9 Å². The first kappa shape index (κ1) is 17.7. The van der Waals surface area contributed by atoms with Gasteiger partial charge in [-0.25, -0.2) is 21.6 Å². The minimum atomic E-state index is -3.85. The van der Waals surface area contributed by atoms with Crippen molar-refractivity contribution in [2.75, 3.05) is 19.5 Å². The Morgan fingerprint density at radius 3 is 2.32 bits per heavy atom. The van der Waals surface area contributed by atoms with Gasteiger partial charge in [0, 0.05) is 12.8 Å². The summed E-state index contributed by atoms with van der Waals surface area (Å²) in [5, 5.41) is 0. The number of benzene rings is 2. The minimum absolute atomic E-state index is 0.0437. The summed E-state index contributed by atoms with van der Waals surface area (Å²) in [4.78, 5) is -0.150. The Balaban J connectivity index is 1.78. The summed E-state index contributed by atoms with van der Waals surface area (Å²) in [6.07, 6.45) is 1.03. The van der Waals surface area contributed by atoms with Crippen molar-refractivity contribution in [1.29, 1.82) is 0 Å². The smallest absolute Gasteiger partial charge is 0.240 e. The van der Waals surface area contributed by atoms with E-state index in [1.165, 1.54) is 18.2 Å². The van der Waals surface area contributed by atoms with Gasteiger partial charge in [-0.15, -0.1) is 0 Å². The molecule has 134 valence electrons. The Kier molecular flexibility index (Phi) is 4.72. The monoisotopic (exact) mass is 383 g/mol. The van der Waals surface area contributed by atoms with Crippen molar-refractivity contribution in [3.63, 3.8) is 0 Å². The number of fused-ring (bicyclic) bond motifs is 1. The number of hydrogen-bond donors (Lipinski definition) is 1. The first-order valence-corrected chi connectivity index (χ1v) is 10.8. The normalized spacial score (nSPS) is 14.3. The summed E-state index contributed by atoms with van der Waals surface area (Å²) in [6.45, 7) is 0.970. The number of hydrogen-bond acceptors (Lipinski definition) is 6. The fourth-order valence-electron chi connectivity index (χ4n) is 2.33. The van der Waals surface area contributed by atoms with E-state index in [-0.39, 0.29) is 16.3 Å². The van der Waals surface area contributed by atoms with Crippen molar-refractivity contribution in [3.8, 4) is 11.5 Å². The number of rotatable bonds is 5. The molecule has 9 heteroatoms. The van der Waals surface area contributed by atoms with Gasteiger partial charge in [0.25, 0.3) is 0 Å². The number of nitrogens with one attached hydrogen (secondary N) is 1. The number of ether oxygens (including phenoxy) is 2. The van der Waals surface area contributed by atoms with Crippen molar-refractivity contribution in [2.24, 2.45) is 0 Å². The predicted molar refractivity (Wildman–Crippen MR) is 91.0 cm³/mol.